The van der Waals surface area contributed by atoms with Crippen molar-refractivity contribution < 1.29 is 13.9 Å². The Bertz CT molecular complexity index is 852. The van der Waals surface area contributed by atoms with Gasteiger partial charge >= 0.3 is 0 Å². The van der Waals surface area contributed by atoms with Crippen molar-refractivity contribution in [3.63, 3.8) is 0 Å². The summed E-state index contributed by atoms with van der Waals surface area (Å²) in [5.74, 6) is -0.887. The van der Waals surface area contributed by atoms with Crippen LogP contribution in [0, 0.1) is 18.6 Å². The van der Waals surface area contributed by atoms with Crippen LogP contribution >= 0.6 is 23.1 Å². The minimum Gasteiger partial charge on any atom is -0.508 e. The second-order valence-corrected chi connectivity index (χ2v) is 6.98. The third-order valence-electron chi connectivity index (χ3n) is 3.16. The summed E-state index contributed by atoms with van der Waals surface area (Å²) in [6.45, 7) is 1.84. The van der Waals surface area contributed by atoms with E-state index in [1.165, 1.54) is 17.4 Å². The Hall–Kier alpha value is -1.99. The van der Waals surface area contributed by atoms with Crippen LogP contribution in [0.4, 0.5) is 8.78 Å². The number of rotatable bonds is 4. The van der Waals surface area contributed by atoms with E-state index in [4.69, 9.17) is 0 Å². The van der Waals surface area contributed by atoms with Crippen molar-refractivity contribution in [3.8, 4) is 16.3 Å². The highest BCUT2D eigenvalue weighted by atomic mass is 32.2. The minimum atomic E-state index is -0.895. The molecule has 0 aliphatic rings. The van der Waals surface area contributed by atoms with E-state index >= 15 is 0 Å². The van der Waals surface area contributed by atoms with Gasteiger partial charge in [-0.25, -0.2) is 8.78 Å². The number of aromatic nitrogens is 2. The van der Waals surface area contributed by atoms with Crippen molar-refractivity contribution in [3.05, 3.63) is 58.6 Å². The van der Waals surface area contributed by atoms with E-state index in [-0.39, 0.29) is 5.75 Å². The third kappa shape index (κ3) is 3.68. The summed E-state index contributed by atoms with van der Waals surface area (Å²) >= 11 is 2.92. The maximum Gasteiger partial charge on any atom is 0.159 e. The van der Waals surface area contributed by atoms with Gasteiger partial charge in [-0.2, -0.15) is 0 Å². The molecule has 0 saturated heterocycles. The van der Waals surface area contributed by atoms with E-state index in [2.05, 4.69) is 10.2 Å². The molecule has 0 fully saturated rings. The first kappa shape index (κ1) is 15.9. The number of halogens is 2. The zero-order chi connectivity index (χ0) is 16.4. The number of aryl methyl sites for hydroxylation is 1. The number of thioether (sulfide) groups is 1. The molecule has 0 unspecified atom stereocenters. The van der Waals surface area contributed by atoms with Gasteiger partial charge in [0, 0.05) is 10.5 Å². The van der Waals surface area contributed by atoms with Gasteiger partial charge in [0.15, 0.2) is 11.6 Å². The number of nitrogens with zero attached hydrogens (tertiary/aromatic N) is 2. The molecular weight excluding hydrogens is 338 g/mol. The predicted octanol–water partition coefficient (Wildman–Crippen LogP) is 4.79. The average molecular weight is 350 g/mol. The Morgan fingerprint density at radius 1 is 1.09 bits per heavy atom. The molecule has 0 bridgehead atoms. The van der Waals surface area contributed by atoms with Gasteiger partial charge in [-0.1, -0.05) is 11.3 Å². The first-order chi connectivity index (χ1) is 11.0. The SMILES string of the molecule is Cc1cc(SCc2nnc(-c3ccc(F)c(F)c3)s2)ccc1O. The molecule has 1 heterocycles. The Labute approximate surface area is 140 Å². The Morgan fingerprint density at radius 2 is 1.91 bits per heavy atom. The van der Waals surface area contributed by atoms with Gasteiger partial charge < -0.3 is 5.11 Å². The minimum absolute atomic E-state index is 0.269. The fraction of sp³-hybridized carbons (Fsp3) is 0.125. The van der Waals surface area contributed by atoms with Crippen LogP contribution in [0.15, 0.2) is 41.3 Å². The molecule has 3 rings (SSSR count). The average Bonchev–Trinajstić information content (AvgIpc) is 3.00. The van der Waals surface area contributed by atoms with Gasteiger partial charge in [-0.15, -0.1) is 22.0 Å². The number of benzene rings is 2. The van der Waals surface area contributed by atoms with Gasteiger partial charge in [0.2, 0.25) is 0 Å². The van der Waals surface area contributed by atoms with Crippen molar-refractivity contribution in [1.82, 2.24) is 10.2 Å². The van der Waals surface area contributed by atoms with Gasteiger partial charge in [0.05, 0.1) is 5.75 Å². The zero-order valence-corrected chi connectivity index (χ0v) is 13.7. The summed E-state index contributed by atoms with van der Waals surface area (Å²) in [5.41, 5.74) is 1.33. The van der Waals surface area contributed by atoms with Crippen LogP contribution in [0.5, 0.6) is 5.75 Å². The van der Waals surface area contributed by atoms with Crippen LogP contribution in [0.1, 0.15) is 10.6 Å². The summed E-state index contributed by atoms with van der Waals surface area (Å²) in [6, 6.07) is 9.08. The zero-order valence-electron chi connectivity index (χ0n) is 12.1. The molecule has 0 radical (unpaired) electrons. The normalized spacial score (nSPS) is 10.9. The highest BCUT2D eigenvalue weighted by molar-refractivity contribution is 7.98. The standard InChI is InChI=1S/C16H12F2N2OS2/c1-9-6-11(3-5-14(9)21)22-8-15-19-20-16(23-15)10-2-4-12(17)13(18)7-10/h2-7,21H,8H2,1H3. The molecule has 2 aromatic carbocycles. The summed E-state index contributed by atoms with van der Waals surface area (Å²) in [4.78, 5) is 1.02. The van der Waals surface area contributed by atoms with E-state index in [1.807, 2.05) is 19.1 Å². The Morgan fingerprint density at radius 3 is 2.65 bits per heavy atom. The summed E-state index contributed by atoms with van der Waals surface area (Å²) in [5, 5.41) is 19.0. The Balaban J connectivity index is 1.71. The first-order valence-electron chi connectivity index (χ1n) is 6.73. The summed E-state index contributed by atoms with van der Waals surface area (Å²) in [7, 11) is 0. The van der Waals surface area contributed by atoms with Crippen LogP contribution in [-0.2, 0) is 5.75 Å². The van der Waals surface area contributed by atoms with Crippen molar-refractivity contribution in [2.24, 2.45) is 0 Å². The van der Waals surface area contributed by atoms with Crippen LogP contribution < -0.4 is 0 Å². The molecule has 118 valence electrons. The second kappa shape index (κ2) is 6.64. The van der Waals surface area contributed by atoms with Gasteiger partial charge in [-0.05, 0) is 48.9 Å². The maximum atomic E-state index is 13.3. The molecule has 0 aliphatic heterocycles. The van der Waals surface area contributed by atoms with Crippen molar-refractivity contribution in [1.29, 1.82) is 0 Å². The number of phenols is 1. The van der Waals surface area contributed by atoms with Gasteiger partial charge in [-0.3, -0.25) is 0 Å². The largest absolute Gasteiger partial charge is 0.508 e. The van der Waals surface area contributed by atoms with Crippen LogP contribution in [-0.4, -0.2) is 15.3 Å². The molecular formula is C16H12F2N2OS2. The summed E-state index contributed by atoms with van der Waals surface area (Å²) in [6.07, 6.45) is 0. The summed E-state index contributed by atoms with van der Waals surface area (Å²) < 4.78 is 26.2. The third-order valence-corrected chi connectivity index (χ3v) is 5.32. The molecule has 0 saturated carbocycles. The topological polar surface area (TPSA) is 46.0 Å². The highest BCUT2D eigenvalue weighted by Gasteiger charge is 2.10. The van der Waals surface area contributed by atoms with Crippen molar-refractivity contribution in [2.45, 2.75) is 17.6 Å². The number of hydrogen-bond donors (Lipinski definition) is 1. The molecule has 3 nitrogen and oxygen atoms in total. The second-order valence-electron chi connectivity index (χ2n) is 4.87. The molecule has 0 aliphatic carbocycles. The quantitative estimate of drug-likeness (QED) is 0.687. The lowest BCUT2D eigenvalue weighted by molar-refractivity contribution is 0.470. The fourth-order valence-corrected chi connectivity index (χ4v) is 3.74. The van der Waals surface area contributed by atoms with Crippen LogP contribution in [0.3, 0.4) is 0 Å². The number of phenolic OH excluding ortho intramolecular Hbond substituents is 1. The molecule has 1 N–H and O–H groups in total. The Kier molecular flexibility index (Phi) is 4.58. The molecule has 23 heavy (non-hydrogen) atoms. The lowest BCUT2D eigenvalue weighted by atomic mass is 10.2. The molecule has 7 heteroatoms. The van der Waals surface area contributed by atoms with Gasteiger partial charge in [0.1, 0.15) is 15.8 Å². The first-order valence-corrected chi connectivity index (χ1v) is 8.53. The van der Waals surface area contributed by atoms with E-state index in [1.54, 1.807) is 17.8 Å². The smallest absolute Gasteiger partial charge is 0.159 e. The monoisotopic (exact) mass is 350 g/mol. The molecule has 0 amide bonds. The molecule has 3 aromatic rings. The van der Waals surface area contributed by atoms with Crippen molar-refractivity contribution in [2.75, 3.05) is 0 Å². The van der Waals surface area contributed by atoms with Crippen LogP contribution in [0.2, 0.25) is 0 Å². The number of hydrogen-bond acceptors (Lipinski definition) is 5. The predicted molar refractivity (Wildman–Crippen MR) is 87.7 cm³/mol. The highest BCUT2D eigenvalue weighted by Crippen LogP contribution is 2.30. The lowest BCUT2D eigenvalue weighted by Gasteiger charge is -2.02. The van der Waals surface area contributed by atoms with Crippen molar-refractivity contribution >= 4 is 23.1 Å². The van der Waals surface area contributed by atoms with Gasteiger partial charge in [0.25, 0.3) is 0 Å². The van der Waals surface area contributed by atoms with E-state index < -0.39 is 11.6 Å². The number of aromatic hydroxyl groups is 1. The van der Waals surface area contributed by atoms with Crippen LogP contribution in [0.25, 0.3) is 10.6 Å². The molecule has 0 spiro atoms. The van der Waals surface area contributed by atoms with E-state index in [9.17, 15) is 13.9 Å². The van der Waals surface area contributed by atoms with E-state index in [0.717, 1.165) is 27.6 Å². The maximum absolute atomic E-state index is 13.3. The fourth-order valence-electron chi connectivity index (χ4n) is 1.92. The molecule has 1 aromatic heterocycles. The lowest BCUT2D eigenvalue weighted by Crippen LogP contribution is -1.84. The molecule has 0 atom stereocenters. The van der Waals surface area contributed by atoms with E-state index in [0.29, 0.717) is 16.3 Å².